The summed E-state index contributed by atoms with van der Waals surface area (Å²) >= 11 is 0. The van der Waals surface area contributed by atoms with Crippen LogP contribution in [0.15, 0.2) is 18.2 Å². The molecular weight excluding hydrogens is 162 g/mol. The highest BCUT2D eigenvalue weighted by atomic mass is 16.5. The molecule has 0 aromatic heterocycles. The Kier molecular flexibility index (Phi) is 3.32. The molecule has 1 atom stereocenters. The second-order valence-electron chi connectivity index (χ2n) is 3.47. The highest BCUT2D eigenvalue weighted by molar-refractivity contribution is 5.48. The monoisotopic (exact) mass is 179 g/mol. The van der Waals surface area contributed by atoms with Gasteiger partial charge in [0.15, 0.2) is 0 Å². The number of nitrogen functional groups attached to an aromatic ring is 1. The Hall–Kier alpha value is -1.02. The van der Waals surface area contributed by atoms with Gasteiger partial charge in [-0.05, 0) is 24.1 Å². The maximum absolute atomic E-state index is 5.73. The first kappa shape index (κ1) is 10.1. The third-order valence-corrected chi connectivity index (χ3v) is 2.28. The summed E-state index contributed by atoms with van der Waals surface area (Å²) in [6.07, 6.45) is 0. The normalized spacial score (nSPS) is 12.8. The summed E-state index contributed by atoms with van der Waals surface area (Å²) < 4.78 is 5.10. The fourth-order valence-electron chi connectivity index (χ4n) is 1.35. The molecule has 0 fully saturated rings. The van der Waals surface area contributed by atoms with E-state index in [1.54, 1.807) is 7.11 Å². The standard InChI is InChI=1S/C11H17NO/c1-8-6-10(4-5-11(8)12)9(2)7-13-3/h4-6,9H,7,12H2,1-3H3. The molecule has 0 saturated heterocycles. The van der Waals surface area contributed by atoms with Crippen LogP contribution < -0.4 is 5.73 Å². The molecular formula is C11H17NO. The summed E-state index contributed by atoms with van der Waals surface area (Å²) in [7, 11) is 1.72. The Morgan fingerprint density at radius 1 is 1.46 bits per heavy atom. The fourth-order valence-corrected chi connectivity index (χ4v) is 1.35. The largest absolute Gasteiger partial charge is 0.399 e. The lowest BCUT2D eigenvalue weighted by Gasteiger charge is -2.12. The quantitative estimate of drug-likeness (QED) is 0.723. The van der Waals surface area contributed by atoms with Crippen LogP contribution in [-0.4, -0.2) is 13.7 Å². The molecule has 1 rings (SSSR count). The highest BCUT2D eigenvalue weighted by Gasteiger charge is 2.05. The Balaban J connectivity index is 2.84. The zero-order valence-electron chi connectivity index (χ0n) is 8.50. The summed E-state index contributed by atoms with van der Waals surface area (Å²) in [6.45, 7) is 4.93. The predicted molar refractivity (Wildman–Crippen MR) is 55.9 cm³/mol. The number of anilines is 1. The van der Waals surface area contributed by atoms with Gasteiger partial charge in [-0.1, -0.05) is 19.1 Å². The SMILES string of the molecule is COCC(C)c1ccc(N)c(C)c1. The molecule has 0 radical (unpaired) electrons. The molecule has 0 aliphatic heterocycles. The Bertz CT molecular complexity index is 283. The van der Waals surface area contributed by atoms with Crippen LogP contribution in [0.5, 0.6) is 0 Å². The van der Waals surface area contributed by atoms with Crippen LogP contribution in [-0.2, 0) is 4.74 Å². The van der Waals surface area contributed by atoms with Gasteiger partial charge < -0.3 is 10.5 Å². The number of aryl methyl sites for hydroxylation is 1. The van der Waals surface area contributed by atoms with Gasteiger partial charge in [0.25, 0.3) is 0 Å². The summed E-state index contributed by atoms with van der Waals surface area (Å²) in [5.41, 5.74) is 9.01. The summed E-state index contributed by atoms with van der Waals surface area (Å²) in [5.74, 6) is 0.435. The van der Waals surface area contributed by atoms with Crippen molar-refractivity contribution >= 4 is 5.69 Å². The van der Waals surface area contributed by atoms with Crippen molar-refractivity contribution in [1.82, 2.24) is 0 Å². The molecule has 1 aromatic rings. The summed E-state index contributed by atoms with van der Waals surface area (Å²) in [5, 5.41) is 0. The zero-order chi connectivity index (χ0) is 9.84. The Morgan fingerprint density at radius 2 is 2.15 bits per heavy atom. The second kappa shape index (κ2) is 4.28. The van der Waals surface area contributed by atoms with Crippen molar-refractivity contribution in [3.63, 3.8) is 0 Å². The average Bonchev–Trinajstić information content (AvgIpc) is 2.10. The topological polar surface area (TPSA) is 35.2 Å². The van der Waals surface area contributed by atoms with Crippen molar-refractivity contribution in [2.24, 2.45) is 0 Å². The lowest BCUT2D eigenvalue weighted by molar-refractivity contribution is 0.184. The maximum atomic E-state index is 5.73. The molecule has 1 unspecified atom stereocenters. The number of hydrogen-bond acceptors (Lipinski definition) is 2. The summed E-state index contributed by atoms with van der Waals surface area (Å²) in [4.78, 5) is 0. The van der Waals surface area contributed by atoms with Crippen molar-refractivity contribution in [2.75, 3.05) is 19.5 Å². The van der Waals surface area contributed by atoms with Gasteiger partial charge in [-0.3, -0.25) is 0 Å². The van der Waals surface area contributed by atoms with E-state index in [-0.39, 0.29) is 0 Å². The van der Waals surface area contributed by atoms with Gasteiger partial charge >= 0.3 is 0 Å². The van der Waals surface area contributed by atoms with Gasteiger partial charge in [-0.15, -0.1) is 0 Å². The predicted octanol–water partition coefficient (Wildman–Crippen LogP) is 2.33. The lowest BCUT2D eigenvalue weighted by atomic mass is 9.99. The van der Waals surface area contributed by atoms with Crippen LogP contribution in [0, 0.1) is 6.92 Å². The van der Waals surface area contributed by atoms with Crippen molar-refractivity contribution in [1.29, 1.82) is 0 Å². The number of rotatable bonds is 3. The van der Waals surface area contributed by atoms with Gasteiger partial charge in [0.2, 0.25) is 0 Å². The molecule has 2 N–H and O–H groups in total. The smallest absolute Gasteiger partial charge is 0.0528 e. The minimum absolute atomic E-state index is 0.435. The van der Waals surface area contributed by atoms with Crippen molar-refractivity contribution in [3.8, 4) is 0 Å². The van der Waals surface area contributed by atoms with E-state index in [0.29, 0.717) is 5.92 Å². The fraction of sp³-hybridized carbons (Fsp3) is 0.455. The average molecular weight is 179 g/mol. The number of benzene rings is 1. The molecule has 0 spiro atoms. The van der Waals surface area contributed by atoms with Crippen LogP contribution >= 0.6 is 0 Å². The first-order chi connectivity index (χ1) is 6.15. The first-order valence-electron chi connectivity index (χ1n) is 4.50. The number of ether oxygens (including phenoxy) is 1. The molecule has 72 valence electrons. The molecule has 0 heterocycles. The van der Waals surface area contributed by atoms with Gasteiger partial charge in [0, 0.05) is 18.7 Å². The molecule has 2 heteroatoms. The summed E-state index contributed by atoms with van der Waals surface area (Å²) in [6, 6.07) is 6.14. The van der Waals surface area contributed by atoms with E-state index in [1.807, 2.05) is 13.0 Å². The molecule has 0 aliphatic carbocycles. The zero-order valence-corrected chi connectivity index (χ0v) is 8.50. The van der Waals surface area contributed by atoms with Gasteiger partial charge in [0.1, 0.15) is 0 Å². The van der Waals surface area contributed by atoms with Crippen molar-refractivity contribution in [3.05, 3.63) is 29.3 Å². The minimum atomic E-state index is 0.435. The van der Waals surface area contributed by atoms with Crippen LogP contribution in [0.3, 0.4) is 0 Å². The van der Waals surface area contributed by atoms with Crippen LogP contribution in [0.2, 0.25) is 0 Å². The van der Waals surface area contributed by atoms with E-state index in [2.05, 4.69) is 19.1 Å². The van der Waals surface area contributed by atoms with Gasteiger partial charge in [-0.2, -0.15) is 0 Å². The van der Waals surface area contributed by atoms with Crippen LogP contribution in [0.25, 0.3) is 0 Å². The highest BCUT2D eigenvalue weighted by Crippen LogP contribution is 2.20. The Labute approximate surface area is 79.7 Å². The lowest BCUT2D eigenvalue weighted by Crippen LogP contribution is -2.02. The van der Waals surface area contributed by atoms with Crippen molar-refractivity contribution < 1.29 is 4.74 Å². The minimum Gasteiger partial charge on any atom is -0.399 e. The van der Waals surface area contributed by atoms with Crippen LogP contribution in [0.1, 0.15) is 24.0 Å². The van der Waals surface area contributed by atoms with Crippen molar-refractivity contribution in [2.45, 2.75) is 19.8 Å². The molecule has 2 nitrogen and oxygen atoms in total. The third-order valence-electron chi connectivity index (χ3n) is 2.28. The van der Waals surface area contributed by atoms with Gasteiger partial charge in [-0.25, -0.2) is 0 Å². The van der Waals surface area contributed by atoms with E-state index in [1.165, 1.54) is 5.56 Å². The molecule has 0 saturated carbocycles. The van der Waals surface area contributed by atoms with Gasteiger partial charge in [0.05, 0.1) is 6.61 Å². The number of methoxy groups -OCH3 is 1. The molecule has 0 aliphatic rings. The Morgan fingerprint density at radius 3 is 2.69 bits per heavy atom. The molecule has 0 amide bonds. The number of hydrogen-bond donors (Lipinski definition) is 1. The van der Waals surface area contributed by atoms with E-state index < -0.39 is 0 Å². The molecule has 13 heavy (non-hydrogen) atoms. The molecule has 0 bridgehead atoms. The van der Waals surface area contributed by atoms with E-state index in [4.69, 9.17) is 10.5 Å². The van der Waals surface area contributed by atoms with E-state index in [9.17, 15) is 0 Å². The van der Waals surface area contributed by atoms with E-state index in [0.717, 1.165) is 17.9 Å². The maximum Gasteiger partial charge on any atom is 0.0528 e. The third kappa shape index (κ3) is 2.46. The second-order valence-corrected chi connectivity index (χ2v) is 3.47. The van der Waals surface area contributed by atoms with E-state index >= 15 is 0 Å². The number of nitrogens with two attached hydrogens (primary N) is 1. The van der Waals surface area contributed by atoms with Crippen LogP contribution in [0.4, 0.5) is 5.69 Å². The molecule has 1 aromatic carbocycles. The first-order valence-corrected chi connectivity index (χ1v) is 4.50.